The Morgan fingerprint density at radius 3 is 2.39 bits per heavy atom. The second kappa shape index (κ2) is 4.67. The molecule has 0 aliphatic heterocycles. The summed E-state index contributed by atoms with van der Waals surface area (Å²) in [6.45, 7) is 3.87. The minimum atomic E-state index is 0.0715. The minimum Gasteiger partial charge on any atom is -0.299 e. The summed E-state index contributed by atoms with van der Waals surface area (Å²) in [5, 5.41) is 15.8. The second-order valence-corrected chi connectivity index (χ2v) is 4.36. The molecule has 96 valence electrons. The molecule has 0 aliphatic rings. The zero-order chi connectivity index (χ0) is 13.3. The highest BCUT2D eigenvalue weighted by molar-refractivity contribution is 5.82. The van der Waals surface area contributed by atoms with E-state index in [2.05, 4.69) is 20.5 Å². The Morgan fingerprint density at radius 2 is 1.89 bits per heavy atom. The molecule has 18 heavy (non-hydrogen) atoms. The van der Waals surface area contributed by atoms with Crippen molar-refractivity contribution in [1.29, 1.82) is 0 Å². The second-order valence-electron chi connectivity index (χ2n) is 4.36. The summed E-state index contributed by atoms with van der Waals surface area (Å²) in [5.74, 6) is 0.531. The summed E-state index contributed by atoms with van der Waals surface area (Å²) in [5.41, 5.74) is 2.91. The lowest BCUT2D eigenvalue weighted by atomic mass is 10.1. The van der Waals surface area contributed by atoms with E-state index >= 15 is 0 Å². The summed E-state index contributed by atoms with van der Waals surface area (Å²) in [7, 11) is 3.55. The average molecular weight is 248 g/mol. The number of hydrogen-bond donors (Lipinski definition) is 0. The molecule has 2 rings (SSSR count). The number of rotatable bonds is 4. The molecule has 2 aromatic rings. The molecule has 0 bridgehead atoms. The molecule has 7 heteroatoms. The van der Waals surface area contributed by atoms with E-state index in [4.69, 9.17) is 0 Å². The predicted molar refractivity (Wildman–Crippen MR) is 63.9 cm³/mol. The molecule has 2 heterocycles. The Hall–Kier alpha value is -2.05. The molecule has 7 nitrogen and oxygen atoms in total. The van der Waals surface area contributed by atoms with Gasteiger partial charge >= 0.3 is 0 Å². The Kier molecular flexibility index (Phi) is 3.22. The highest BCUT2D eigenvalue weighted by atomic mass is 16.1. The van der Waals surface area contributed by atoms with Crippen LogP contribution in [-0.4, -0.2) is 35.8 Å². The molecule has 0 saturated heterocycles. The normalized spacial score (nSPS) is 10.9. The SMILES string of the molecule is Cc1nn(C)c(C)c1CC(=O)Cc1nnn(C)n1. The third-order valence-corrected chi connectivity index (χ3v) is 2.94. The number of aryl methyl sites for hydroxylation is 3. The number of nitrogens with zero attached hydrogens (tertiary/aromatic N) is 6. The first-order valence-electron chi connectivity index (χ1n) is 5.71. The van der Waals surface area contributed by atoms with Crippen molar-refractivity contribution in [2.24, 2.45) is 14.1 Å². The zero-order valence-corrected chi connectivity index (χ0v) is 11.0. The molecular formula is C11H16N6O. The first-order valence-corrected chi connectivity index (χ1v) is 5.71. The van der Waals surface area contributed by atoms with Gasteiger partial charge in [-0.15, -0.1) is 10.2 Å². The van der Waals surface area contributed by atoms with Gasteiger partial charge in [-0.05, 0) is 19.1 Å². The van der Waals surface area contributed by atoms with Crippen LogP contribution in [0.1, 0.15) is 22.8 Å². The van der Waals surface area contributed by atoms with Crippen molar-refractivity contribution >= 4 is 5.78 Å². The molecule has 0 aliphatic carbocycles. The molecule has 0 N–H and O–H groups in total. The number of hydrogen-bond acceptors (Lipinski definition) is 5. The maximum atomic E-state index is 12.0. The van der Waals surface area contributed by atoms with Crippen LogP contribution in [0.4, 0.5) is 0 Å². The fourth-order valence-electron chi connectivity index (χ4n) is 1.90. The topological polar surface area (TPSA) is 78.5 Å². The first kappa shape index (κ1) is 12.4. The van der Waals surface area contributed by atoms with Crippen LogP contribution in [0.2, 0.25) is 0 Å². The lowest BCUT2D eigenvalue weighted by Gasteiger charge is -2.00. The van der Waals surface area contributed by atoms with Crippen molar-refractivity contribution in [3.05, 3.63) is 22.8 Å². The number of Topliss-reactive ketones (excluding diaryl/α,β-unsaturated/α-hetero) is 1. The largest absolute Gasteiger partial charge is 0.299 e. The maximum Gasteiger partial charge on any atom is 0.182 e. The van der Waals surface area contributed by atoms with E-state index in [9.17, 15) is 4.79 Å². The van der Waals surface area contributed by atoms with E-state index in [1.165, 1.54) is 4.80 Å². The van der Waals surface area contributed by atoms with Crippen LogP contribution in [0.3, 0.4) is 0 Å². The van der Waals surface area contributed by atoms with Gasteiger partial charge in [-0.3, -0.25) is 9.48 Å². The Labute approximate surface area is 105 Å². The van der Waals surface area contributed by atoms with Gasteiger partial charge in [0.1, 0.15) is 5.78 Å². The molecule has 0 spiro atoms. The van der Waals surface area contributed by atoms with Gasteiger partial charge in [0.15, 0.2) is 5.82 Å². The van der Waals surface area contributed by atoms with E-state index in [-0.39, 0.29) is 12.2 Å². The van der Waals surface area contributed by atoms with Crippen molar-refractivity contribution in [1.82, 2.24) is 30.0 Å². The maximum absolute atomic E-state index is 12.0. The summed E-state index contributed by atoms with van der Waals surface area (Å²) in [6, 6.07) is 0. The van der Waals surface area contributed by atoms with Crippen molar-refractivity contribution in [3.8, 4) is 0 Å². The average Bonchev–Trinajstić information content (AvgIpc) is 2.78. The van der Waals surface area contributed by atoms with Gasteiger partial charge in [0.05, 0.1) is 19.2 Å². The van der Waals surface area contributed by atoms with Crippen molar-refractivity contribution in [3.63, 3.8) is 0 Å². The van der Waals surface area contributed by atoms with Crippen LogP contribution in [0.25, 0.3) is 0 Å². The van der Waals surface area contributed by atoms with E-state index in [0.29, 0.717) is 12.2 Å². The molecule has 0 fully saturated rings. The van der Waals surface area contributed by atoms with Crippen LogP contribution >= 0.6 is 0 Å². The van der Waals surface area contributed by atoms with Gasteiger partial charge < -0.3 is 0 Å². The van der Waals surface area contributed by atoms with E-state index in [1.54, 1.807) is 11.7 Å². The Balaban J connectivity index is 2.07. The zero-order valence-electron chi connectivity index (χ0n) is 11.0. The fraction of sp³-hybridized carbons (Fsp3) is 0.545. The Morgan fingerprint density at radius 1 is 1.17 bits per heavy atom. The highest BCUT2D eigenvalue weighted by Gasteiger charge is 2.15. The monoisotopic (exact) mass is 248 g/mol. The van der Waals surface area contributed by atoms with Gasteiger partial charge in [-0.2, -0.15) is 9.90 Å². The standard InChI is InChI=1S/C11H16N6O/c1-7-10(8(2)16(3)13-7)5-9(18)6-11-12-15-17(4)14-11/h5-6H2,1-4H3. The van der Waals surface area contributed by atoms with Crippen molar-refractivity contribution < 1.29 is 4.79 Å². The van der Waals surface area contributed by atoms with Crippen LogP contribution in [0, 0.1) is 13.8 Å². The van der Waals surface area contributed by atoms with Gasteiger partial charge in [-0.1, -0.05) is 0 Å². The van der Waals surface area contributed by atoms with Crippen molar-refractivity contribution in [2.45, 2.75) is 26.7 Å². The molecule has 0 aromatic carbocycles. The molecule has 0 atom stereocenters. The molecule has 0 radical (unpaired) electrons. The van der Waals surface area contributed by atoms with E-state index in [0.717, 1.165) is 17.0 Å². The van der Waals surface area contributed by atoms with E-state index < -0.39 is 0 Å². The van der Waals surface area contributed by atoms with Gasteiger partial charge in [-0.25, -0.2) is 0 Å². The van der Waals surface area contributed by atoms with Crippen LogP contribution in [0.5, 0.6) is 0 Å². The van der Waals surface area contributed by atoms with Crippen molar-refractivity contribution in [2.75, 3.05) is 0 Å². The third-order valence-electron chi connectivity index (χ3n) is 2.94. The summed E-state index contributed by atoms with van der Waals surface area (Å²) < 4.78 is 1.79. The fourth-order valence-corrected chi connectivity index (χ4v) is 1.90. The number of carbonyl (C=O) groups excluding carboxylic acids is 1. The summed E-state index contributed by atoms with van der Waals surface area (Å²) >= 11 is 0. The van der Waals surface area contributed by atoms with Gasteiger partial charge in [0.2, 0.25) is 0 Å². The smallest absolute Gasteiger partial charge is 0.182 e. The molecule has 0 unspecified atom stereocenters. The lowest BCUT2D eigenvalue weighted by Crippen LogP contribution is -2.09. The van der Waals surface area contributed by atoms with E-state index in [1.807, 2.05) is 20.9 Å². The number of aromatic nitrogens is 6. The molecular weight excluding hydrogens is 232 g/mol. The Bertz CT molecular complexity index is 582. The molecule has 2 aromatic heterocycles. The van der Waals surface area contributed by atoms with Gasteiger partial charge in [0.25, 0.3) is 0 Å². The van der Waals surface area contributed by atoms with Crippen LogP contribution in [0.15, 0.2) is 0 Å². The number of ketones is 1. The summed E-state index contributed by atoms with van der Waals surface area (Å²) in [6.07, 6.45) is 0.575. The van der Waals surface area contributed by atoms with Gasteiger partial charge in [0, 0.05) is 24.7 Å². The number of tetrazole rings is 1. The van der Waals surface area contributed by atoms with Crippen LogP contribution in [-0.2, 0) is 31.7 Å². The quantitative estimate of drug-likeness (QED) is 0.756. The lowest BCUT2D eigenvalue weighted by molar-refractivity contribution is -0.117. The summed E-state index contributed by atoms with van der Waals surface area (Å²) in [4.78, 5) is 13.3. The third kappa shape index (κ3) is 2.44. The molecule has 0 saturated carbocycles. The number of carbonyl (C=O) groups is 1. The first-order chi connectivity index (χ1) is 8.47. The van der Waals surface area contributed by atoms with Crippen LogP contribution < -0.4 is 0 Å². The molecule has 0 amide bonds. The highest BCUT2D eigenvalue weighted by Crippen LogP contribution is 2.13. The minimum absolute atomic E-state index is 0.0715. The predicted octanol–water partition coefficient (Wildman–Crippen LogP) is -0.0853.